The summed E-state index contributed by atoms with van der Waals surface area (Å²) in [6, 6.07) is 1.48. The Morgan fingerprint density at radius 3 is 2.88 bits per heavy atom. The molecule has 0 atom stereocenters. The molecule has 0 saturated heterocycles. The Labute approximate surface area is 94.0 Å². The van der Waals surface area contributed by atoms with E-state index in [1.807, 2.05) is 19.9 Å². The predicted octanol–water partition coefficient (Wildman–Crippen LogP) is 0.590. The predicted molar refractivity (Wildman–Crippen MR) is 57.9 cm³/mol. The Bertz CT molecular complexity index is 336. The highest BCUT2D eigenvalue weighted by Crippen LogP contribution is 2.13. The maximum absolute atomic E-state index is 11.1. The van der Waals surface area contributed by atoms with Crippen LogP contribution >= 0.6 is 0 Å². The zero-order valence-electron chi connectivity index (χ0n) is 9.49. The molecule has 0 saturated carbocycles. The normalized spacial score (nSPS) is 10.5. The molecule has 0 aromatic carbocycles. The number of hydrogen-bond acceptors (Lipinski definition) is 4. The van der Waals surface area contributed by atoms with Gasteiger partial charge in [0.25, 0.3) is 0 Å². The second-order valence-corrected chi connectivity index (χ2v) is 3.71. The number of hydrogen-bond donors (Lipinski definition) is 3. The van der Waals surface area contributed by atoms with Crippen molar-refractivity contribution in [2.75, 3.05) is 13.2 Å². The molecule has 0 fully saturated rings. The number of urea groups is 1. The standard InChI is InChI=1S/C10H17N3O3/c1-7(2)9-5-8(16-13-9)6-12-10(15)11-3-4-14/h5,7,14H,3-4,6H2,1-2H3,(H2,11,12,15). The van der Waals surface area contributed by atoms with E-state index in [9.17, 15) is 4.79 Å². The van der Waals surface area contributed by atoms with Crippen molar-refractivity contribution in [3.63, 3.8) is 0 Å². The van der Waals surface area contributed by atoms with Crippen molar-refractivity contribution in [3.8, 4) is 0 Å². The summed E-state index contributed by atoms with van der Waals surface area (Å²) < 4.78 is 5.04. The van der Waals surface area contributed by atoms with Crippen molar-refractivity contribution in [2.24, 2.45) is 0 Å². The van der Waals surface area contributed by atoms with Crippen LogP contribution in [0.4, 0.5) is 4.79 Å². The fourth-order valence-electron chi connectivity index (χ4n) is 1.08. The van der Waals surface area contributed by atoms with E-state index >= 15 is 0 Å². The smallest absolute Gasteiger partial charge is 0.315 e. The van der Waals surface area contributed by atoms with E-state index in [1.54, 1.807) is 0 Å². The van der Waals surface area contributed by atoms with Gasteiger partial charge >= 0.3 is 6.03 Å². The number of aliphatic hydroxyl groups excluding tert-OH is 1. The van der Waals surface area contributed by atoms with Crippen LogP contribution in [0.5, 0.6) is 0 Å². The van der Waals surface area contributed by atoms with Crippen LogP contribution in [-0.2, 0) is 6.54 Å². The monoisotopic (exact) mass is 227 g/mol. The minimum absolute atomic E-state index is 0.0762. The summed E-state index contributed by atoms with van der Waals surface area (Å²) in [5, 5.41) is 17.4. The van der Waals surface area contributed by atoms with Gasteiger partial charge in [-0.05, 0) is 5.92 Å². The molecule has 0 spiro atoms. The van der Waals surface area contributed by atoms with Crippen LogP contribution < -0.4 is 10.6 Å². The van der Waals surface area contributed by atoms with Crippen molar-refractivity contribution in [1.82, 2.24) is 15.8 Å². The molecule has 1 rings (SSSR count). The zero-order chi connectivity index (χ0) is 12.0. The van der Waals surface area contributed by atoms with E-state index in [0.717, 1.165) is 5.69 Å². The third-order valence-corrected chi connectivity index (χ3v) is 1.99. The molecule has 1 heterocycles. The summed E-state index contributed by atoms with van der Waals surface area (Å²) in [5.41, 5.74) is 0.868. The molecular formula is C10H17N3O3. The Morgan fingerprint density at radius 2 is 2.31 bits per heavy atom. The first-order valence-corrected chi connectivity index (χ1v) is 5.21. The van der Waals surface area contributed by atoms with E-state index in [1.165, 1.54) is 0 Å². The molecule has 0 bridgehead atoms. The summed E-state index contributed by atoms with van der Waals surface area (Å²) in [6.07, 6.45) is 0. The highest BCUT2D eigenvalue weighted by molar-refractivity contribution is 5.73. The second kappa shape index (κ2) is 6.12. The fourth-order valence-corrected chi connectivity index (χ4v) is 1.08. The van der Waals surface area contributed by atoms with Crippen LogP contribution in [0.15, 0.2) is 10.6 Å². The number of amides is 2. The number of carbonyl (C=O) groups is 1. The van der Waals surface area contributed by atoms with Crippen LogP contribution in [0.2, 0.25) is 0 Å². The third-order valence-electron chi connectivity index (χ3n) is 1.99. The van der Waals surface area contributed by atoms with Gasteiger partial charge in [-0.3, -0.25) is 0 Å². The number of nitrogens with zero attached hydrogens (tertiary/aromatic N) is 1. The molecule has 1 aromatic rings. The highest BCUT2D eigenvalue weighted by atomic mass is 16.5. The minimum atomic E-state index is -0.337. The van der Waals surface area contributed by atoms with Crippen molar-refractivity contribution >= 4 is 6.03 Å². The molecule has 0 aliphatic heterocycles. The molecule has 0 unspecified atom stereocenters. The highest BCUT2D eigenvalue weighted by Gasteiger charge is 2.08. The van der Waals surface area contributed by atoms with Gasteiger partial charge in [0.05, 0.1) is 18.8 Å². The first kappa shape index (κ1) is 12.5. The Balaban J connectivity index is 2.33. The van der Waals surface area contributed by atoms with Crippen molar-refractivity contribution in [2.45, 2.75) is 26.3 Å². The van der Waals surface area contributed by atoms with Crippen LogP contribution in [0, 0.1) is 0 Å². The molecule has 2 amide bonds. The number of carbonyl (C=O) groups excluding carboxylic acids is 1. The summed E-state index contributed by atoms with van der Waals surface area (Å²) in [6.45, 7) is 4.48. The largest absolute Gasteiger partial charge is 0.395 e. The van der Waals surface area contributed by atoms with Gasteiger partial charge < -0.3 is 20.3 Å². The lowest BCUT2D eigenvalue weighted by atomic mass is 10.1. The molecule has 6 nitrogen and oxygen atoms in total. The summed E-state index contributed by atoms with van der Waals surface area (Å²) in [4.78, 5) is 11.1. The fraction of sp³-hybridized carbons (Fsp3) is 0.600. The van der Waals surface area contributed by atoms with E-state index < -0.39 is 0 Å². The lowest BCUT2D eigenvalue weighted by Crippen LogP contribution is -2.36. The summed E-state index contributed by atoms with van der Waals surface area (Å²) in [7, 11) is 0. The van der Waals surface area contributed by atoms with Gasteiger partial charge in [-0.1, -0.05) is 19.0 Å². The summed E-state index contributed by atoms with van der Waals surface area (Å²) in [5.74, 6) is 0.920. The average molecular weight is 227 g/mol. The molecule has 0 aliphatic rings. The number of nitrogens with one attached hydrogen (secondary N) is 2. The lowest BCUT2D eigenvalue weighted by molar-refractivity contribution is 0.232. The van der Waals surface area contributed by atoms with Crippen molar-refractivity contribution in [3.05, 3.63) is 17.5 Å². The molecule has 0 aliphatic carbocycles. The number of rotatable bonds is 5. The lowest BCUT2D eigenvalue weighted by Gasteiger charge is -2.03. The molecule has 0 radical (unpaired) electrons. The van der Waals surface area contributed by atoms with E-state index in [4.69, 9.17) is 9.63 Å². The van der Waals surface area contributed by atoms with Gasteiger partial charge in [0.15, 0.2) is 5.76 Å². The SMILES string of the molecule is CC(C)c1cc(CNC(=O)NCCO)on1. The van der Waals surface area contributed by atoms with E-state index in [0.29, 0.717) is 11.7 Å². The first-order valence-electron chi connectivity index (χ1n) is 5.21. The Hall–Kier alpha value is -1.56. The molecule has 6 heteroatoms. The van der Waals surface area contributed by atoms with Crippen LogP contribution in [0.3, 0.4) is 0 Å². The average Bonchev–Trinajstić information content (AvgIpc) is 2.72. The quantitative estimate of drug-likeness (QED) is 0.687. The molecule has 3 N–H and O–H groups in total. The summed E-state index contributed by atoms with van der Waals surface area (Å²) >= 11 is 0. The maximum Gasteiger partial charge on any atom is 0.315 e. The van der Waals surface area contributed by atoms with Gasteiger partial charge in [-0.15, -0.1) is 0 Å². The number of aliphatic hydroxyl groups is 1. The third kappa shape index (κ3) is 3.90. The van der Waals surface area contributed by atoms with Gasteiger partial charge in [-0.25, -0.2) is 4.79 Å². The van der Waals surface area contributed by atoms with Gasteiger partial charge in [0.1, 0.15) is 0 Å². The van der Waals surface area contributed by atoms with Gasteiger partial charge in [0, 0.05) is 12.6 Å². The Kier molecular flexibility index (Phi) is 4.78. The molecular weight excluding hydrogens is 210 g/mol. The zero-order valence-corrected chi connectivity index (χ0v) is 9.49. The maximum atomic E-state index is 11.1. The molecule has 90 valence electrons. The minimum Gasteiger partial charge on any atom is -0.395 e. The first-order chi connectivity index (χ1) is 7.63. The van der Waals surface area contributed by atoms with E-state index in [-0.39, 0.29) is 25.7 Å². The number of aromatic nitrogens is 1. The van der Waals surface area contributed by atoms with Crippen LogP contribution in [-0.4, -0.2) is 29.4 Å². The molecule has 16 heavy (non-hydrogen) atoms. The van der Waals surface area contributed by atoms with Gasteiger partial charge in [-0.2, -0.15) is 0 Å². The Morgan fingerprint density at radius 1 is 1.56 bits per heavy atom. The second-order valence-electron chi connectivity index (χ2n) is 3.71. The van der Waals surface area contributed by atoms with Crippen molar-refractivity contribution < 1.29 is 14.4 Å². The topological polar surface area (TPSA) is 87.4 Å². The molecule has 1 aromatic heterocycles. The van der Waals surface area contributed by atoms with Gasteiger partial charge in [0.2, 0.25) is 0 Å². The van der Waals surface area contributed by atoms with Crippen LogP contribution in [0.1, 0.15) is 31.2 Å². The van der Waals surface area contributed by atoms with E-state index in [2.05, 4.69) is 15.8 Å². The van der Waals surface area contributed by atoms with Crippen LogP contribution in [0.25, 0.3) is 0 Å². The van der Waals surface area contributed by atoms with Crippen molar-refractivity contribution in [1.29, 1.82) is 0 Å².